The van der Waals surface area contributed by atoms with Crippen LogP contribution in [0.4, 0.5) is 13.2 Å². The van der Waals surface area contributed by atoms with Gasteiger partial charge in [-0.25, -0.2) is 13.2 Å². The second kappa shape index (κ2) is 2.77. The molecule has 3 fully saturated rings. The highest BCUT2D eigenvalue weighted by Gasteiger charge is 2.78. The molecule has 0 radical (unpaired) electrons. The molecule has 2 heterocycles. The summed E-state index contributed by atoms with van der Waals surface area (Å²) in [5.41, 5.74) is -0.230. The van der Waals surface area contributed by atoms with Crippen molar-refractivity contribution in [2.75, 3.05) is 13.1 Å². The summed E-state index contributed by atoms with van der Waals surface area (Å²) in [4.78, 5) is 1.95. The second-order valence-corrected chi connectivity index (χ2v) is 6.66. The predicted octanol–water partition coefficient (Wildman–Crippen LogP) is 2.57. The van der Waals surface area contributed by atoms with Crippen molar-refractivity contribution in [1.82, 2.24) is 4.90 Å². The van der Waals surface area contributed by atoms with Gasteiger partial charge in [-0.3, -0.25) is 4.90 Å². The van der Waals surface area contributed by atoms with E-state index in [4.69, 9.17) is 0 Å². The van der Waals surface area contributed by atoms with E-state index in [2.05, 4.69) is 0 Å². The number of piperidine rings is 1. The van der Waals surface area contributed by atoms with E-state index >= 15 is 0 Å². The predicted molar refractivity (Wildman–Crippen MR) is 55.1 cm³/mol. The minimum absolute atomic E-state index is 0.227. The molecular weight excluding hydrogens is 215 g/mol. The molecule has 1 nitrogen and oxygen atoms in total. The number of nitrogens with zero attached hydrogens (tertiary/aromatic N) is 1. The Balaban J connectivity index is 1.90. The van der Waals surface area contributed by atoms with Gasteiger partial charge in [-0.05, 0) is 5.41 Å². The number of alkyl halides is 3. The minimum atomic E-state index is -2.52. The maximum Gasteiger partial charge on any atom is 0.257 e. The zero-order chi connectivity index (χ0) is 11.9. The first kappa shape index (κ1) is 10.9. The Hall–Kier alpha value is -0.250. The fourth-order valence-corrected chi connectivity index (χ4v) is 3.97. The van der Waals surface area contributed by atoms with Gasteiger partial charge in [0.1, 0.15) is 6.17 Å². The summed E-state index contributed by atoms with van der Waals surface area (Å²) < 4.78 is 40.8. The molecule has 0 aromatic rings. The van der Waals surface area contributed by atoms with Gasteiger partial charge in [0, 0.05) is 36.9 Å². The van der Waals surface area contributed by atoms with Gasteiger partial charge in [0.05, 0.1) is 0 Å². The lowest BCUT2D eigenvalue weighted by atomic mass is 9.74. The first-order valence-corrected chi connectivity index (χ1v) is 6.00. The van der Waals surface area contributed by atoms with Crippen LogP contribution in [0.15, 0.2) is 0 Å². The first-order chi connectivity index (χ1) is 7.24. The van der Waals surface area contributed by atoms with Crippen LogP contribution >= 0.6 is 0 Å². The number of halogens is 3. The van der Waals surface area contributed by atoms with Crippen molar-refractivity contribution in [3.8, 4) is 0 Å². The zero-order valence-corrected chi connectivity index (χ0v) is 9.88. The average Bonchev–Trinajstić information content (AvgIpc) is 2.42. The quantitative estimate of drug-likeness (QED) is 0.621. The molecule has 1 aliphatic carbocycles. The van der Waals surface area contributed by atoms with Crippen molar-refractivity contribution in [1.29, 1.82) is 0 Å². The van der Waals surface area contributed by atoms with Crippen LogP contribution < -0.4 is 0 Å². The Morgan fingerprint density at radius 1 is 1.19 bits per heavy atom. The van der Waals surface area contributed by atoms with Crippen LogP contribution in [-0.4, -0.2) is 36.1 Å². The lowest BCUT2D eigenvalue weighted by Gasteiger charge is -2.34. The fraction of sp³-hybridized carbons (Fsp3) is 1.00. The zero-order valence-electron chi connectivity index (χ0n) is 9.88. The van der Waals surface area contributed by atoms with Gasteiger partial charge in [0.25, 0.3) is 5.92 Å². The Morgan fingerprint density at radius 3 is 2.38 bits per heavy atom. The summed E-state index contributed by atoms with van der Waals surface area (Å²) >= 11 is 0. The van der Waals surface area contributed by atoms with Crippen LogP contribution in [0.5, 0.6) is 0 Å². The van der Waals surface area contributed by atoms with E-state index < -0.39 is 23.9 Å². The van der Waals surface area contributed by atoms with Crippen molar-refractivity contribution in [2.24, 2.45) is 23.2 Å². The Bertz CT molecular complexity index is 323. The fourth-order valence-electron chi connectivity index (χ4n) is 3.97. The lowest BCUT2D eigenvalue weighted by molar-refractivity contribution is 0.0239. The highest BCUT2D eigenvalue weighted by Crippen LogP contribution is 2.66. The Labute approximate surface area is 94.0 Å². The molecule has 0 amide bonds. The van der Waals surface area contributed by atoms with Crippen LogP contribution in [-0.2, 0) is 0 Å². The van der Waals surface area contributed by atoms with Crippen LogP contribution in [0.2, 0.25) is 0 Å². The Kier molecular flexibility index (Phi) is 1.88. The highest BCUT2D eigenvalue weighted by atomic mass is 19.3. The van der Waals surface area contributed by atoms with Crippen molar-refractivity contribution < 1.29 is 13.2 Å². The second-order valence-electron chi connectivity index (χ2n) is 6.66. The molecule has 3 rings (SSSR count). The molecule has 16 heavy (non-hydrogen) atoms. The Morgan fingerprint density at radius 2 is 1.81 bits per heavy atom. The number of rotatable bonds is 0. The van der Waals surface area contributed by atoms with E-state index in [1.165, 1.54) is 0 Å². The molecule has 1 saturated carbocycles. The molecule has 4 heteroatoms. The molecular formula is C12H18F3N. The van der Waals surface area contributed by atoms with E-state index in [0.29, 0.717) is 13.1 Å². The van der Waals surface area contributed by atoms with Gasteiger partial charge in [-0.15, -0.1) is 0 Å². The third-order valence-corrected chi connectivity index (χ3v) is 4.65. The molecule has 92 valence electrons. The van der Waals surface area contributed by atoms with Crippen LogP contribution in [0.1, 0.15) is 20.8 Å². The summed E-state index contributed by atoms with van der Waals surface area (Å²) in [6.45, 7) is 6.63. The average molecular weight is 233 g/mol. The third-order valence-electron chi connectivity index (χ3n) is 4.65. The van der Waals surface area contributed by atoms with Crippen LogP contribution in [0.25, 0.3) is 0 Å². The highest BCUT2D eigenvalue weighted by molar-refractivity contribution is 5.22. The molecule has 0 bridgehead atoms. The molecule has 3 aliphatic rings. The van der Waals surface area contributed by atoms with E-state index in [1.807, 2.05) is 25.7 Å². The number of hydrogen-bond donors (Lipinski definition) is 0. The maximum atomic E-state index is 14.0. The van der Waals surface area contributed by atoms with Gasteiger partial charge in [-0.2, -0.15) is 0 Å². The number of fused-ring (bicyclic) bond motifs is 3. The van der Waals surface area contributed by atoms with Crippen molar-refractivity contribution >= 4 is 0 Å². The maximum absolute atomic E-state index is 14.0. The van der Waals surface area contributed by atoms with Crippen LogP contribution in [0, 0.1) is 23.2 Å². The van der Waals surface area contributed by atoms with Gasteiger partial charge >= 0.3 is 0 Å². The van der Waals surface area contributed by atoms with E-state index in [-0.39, 0.29) is 17.4 Å². The normalized spacial score (nSPS) is 50.2. The van der Waals surface area contributed by atoms with Crippen molar-refractivity contribution in [3.63, 3.8) is 0 Å². The molecule has 0 spiro atoms. The topological polar surface area (TPSA) is 3.24 Å². The monoisotopic (exact) mass is 233 g/mol. The number of hydrogen-bond acceptors (Lipinski definition) is 1. The van der Waals surface area contributed by atoms with Gasteiger partial charge in [0.15, 0.2) is 0 Å². The lowest BCUT2D eigenvalue weighted by Crippen LogP contribution is -2.40. The summed E-state index contributed by atoms with van der Waals surface area (Å²) in [5.74, 6) is -3.82. The SMILES string of the molecule is CC(C)(C)C1C(F)CN2CC3C(C12)C3(F)F. The molecule has 2 saturated heterocycles. The van der Waals surface area contributed by atoms with Gasteiger partial charge in [-0.1, -0.05) is 20.8 Å². The first-order valence-electron chi connectivity index (χ1n) is 6.00. The molecule has 0 aromatic heterocycles. The third kappa shape index (κ3) is 1.17. The van der Waals surface area contributed by atoms with Crippen molar-refractivity contribution in [2.45, 2.75) is 38.9 Å². The van der Waals surface area contributed by atoms with Gasteiger partial charge < -0.3 is 0 Å². The van der Waals surface area contributed by atoms with Crippen LogP contribution in [0.3, 0.4) is 0 Å². The largest absolute Gasteiger partial charge is 0.296 e. The van der Waals surface area contributed by atoms with E-state index in [1.54, 1.807) is 0 Å². The standard InChI is InChI=1S/C12H18F3N/c1-11(2,3)9-7(13)5-16-4-6-8(10(9)16)12(6,14)15/h6-10H,4-5H2,1-3H3. The summed E-state index contributed by atoms with van der Waals surface area (Å²) in [7, 11) is 0. The van der Waals surface area contributed by atoms with Gasteiger partial charge in [0.2, 0.25) is 0 Å². The van der Waals surface area contributed by atoms with Crippen molar-refractivity contribution in [3.05, 3.63) is 0 Å². The molecule has 2 aliphatic heterocycles. The molecule has 0 N–H and O–H groups in total. The van der Waals surface area contributed by atoms with E-state index in [0.717, 1.165) is 0 Å². The minimum Gasteiger partial charge on any atom is -0.296 e. The molecule has 5 unspecified atom stereocenters. The summed E-state index contributed by atoms with van der Waals surface area (Å²) in [6.07, 6.45) is -0.942. The summed E-state index contributed by atoms with van der Waals surface area (Å²) in [6, 6.07) is -0.227. The van der Waals surface area contributed by atoms with E-state index in [9.17, 15) is 13.2 Å². The molecule has 0 aromatic carbocycles. The molecule has 5 atom stereocenters. The smallest absolute Gasteiger partial charge is 0.257 e. The summed E-state index contributed by atoms with van der Waals surface area (Å²) in [5, 5.41) is 0.